The number of fused-ring (bicyclic) bond motifs is 1. The lowest BCUT2D eigenvalue weighted by molar-refractivity contribution is -0.148. The van der Waals surface area contributed by atoms with Gasteiger partial charge in [-0.1, -0.05) is 36.4 Å². The third-order valence-electron chi connectivity index (χ3n) is 4.21. The molecule has 144 valence electrons. The van der Waals surface area contributed by atoms with Gasteiger partial charge in [-0.15, -0.1) is 11.8 Å². The molecule has 1 heterocycles. The maximum Gasteiger partial charge on any atom is 0.411 e. The van der Waals surface area contributed by atoms with Crippen molar-refractivity contribution >= 4 is 34.6 Å². The Morgan fingerprint density at radius 2 is 1.85 bits per heavy atom. The molecule has 0 aromatic heterocycles. The lowest BCUT2D eigenvalue weighted by Crippen LogP contribution is -2.42. The first-order valence-electron chi connectivity index (χ1n) is 9.02. The van der Waals surface area contributed by atoms with Crippen LogP contribution >= 0.6 is 11.8 Å². The van der Waals surface area contributed by atoms with Gasteiger partial charge in [0, 0.05) is 19.2 Å². The van der Waals surface area contributed by atoms with Gasteiger partial charge in [0.05, 0.1) is 0 Å². The fourth-order valence-corrected chi connectivity index (χ4v) is 4.41. The predicted molar refractivity (Wildman–Crippen MR) is 108 cm³/mol. The predicted octanol–water partition coefficient (Wildman–Crippen LogP) is 4.75. The van der Waals surface area contributed by atoms with Crippen LogP contribution in [0.5, 0.6) is 0 Å². The number of hydrogen-bond donors (Lipinski definition) is 0. The summed E-state index contributed by atoms with van der Waals surface area (Å²) < 4.78 is 11.2. The maximum absolute atomic E-state index is 12.7. The van der Waals surface area contributed by atoms with Gasteiger partial charge in [-0.05, 0) is 43.2 Å². The number of esters is 1. The van der Waals surface area contributed by atoms with Crippen LogP contribution in [0.25, 0.3) is 10.8 Å². The fraction of sp³-hybridized carbons (Fsp3) is 0.429. The number of benzene rings is 2. The number of hydrogen-bond acceptors (Lipinski definition) is 5. The average Bonchev–Trinajstić information content (AvgIpc) is 3.07. The van der Waals surface area contributed by atoms with E-state index in [4.69, 9.17) is 9.47 Å². The molecule has 1 fully saturated rings. The van der Waals surface area contributed by atoms with Gasteiger partial charge in [-0.3, -0.25) is 9.69 Å². The molecule has 0 radical (unpaired) electrons. The van der Waals surface area contributed by atoms with Gasteiger partial charge < -0.3 is 9.47 Å². The number of thioether (sulfide) groups is 1. The number of nitrogens with zero attached hydrogens (tertiary/aromatic N) is 1. The molecule has 0 N–H and O–H groups in total. The van der Waals surface area contributed by atoms with Crippen molar-refractivity contribution in [2.45, 2.75) is 44.8 Å². The summed E-state index contributed by atoms with van der Waals surface area (Å²) in [5.74, 6) is 0.403. The Hall–Kier alpha value is -2.21. The minimum atomic E-state index is -0.575. The van der Waals surface area contributed by atoms with Crippen molar-refractivity contribution in [1.29, 1.82) is 0 Å². The van der Waals surface area contributed by atoms with E-state index in [1.165, 1.54) is 6.92 Å². The van der Waals surface area contributed by atoms with E-state index in [2.05, 4.69) is 0 Å². The minimum absolute atomic E-state index is 0.315. The fourth-order valence-electron chi connectivity index (χ4n) is 3.11. The number of amides is 1. The topological polar surface area (TPSA) is 55.8 Å². The number of carbonyl (C=O) groups excluding carboxylic acids is 2. The van der Waals surface area contributed by atoms with Crippen LogP contribution in [0.2, 0.25) is 0 Å². The van der Waals surface area contributed by atoms with E-state index < -0.39 is 11.7 Å². The Kier molecular flexibility index (Phi) is 5.65. The maximum atomic E-state index is 12.7. The second-order valence-electron chi connectivity index (χ2n) is 7.57. The van der Waals surface area contributed by atoms with Crippen molar-refractivity contribution in [3.05, 3.63) is 48.0 Å². The standard InChI is InChI=1S/C21H25NO4S/c1-14(23)25-18(17-10-9-15-7-5-6-8-16(15)13-17)19-22(11-12-27-19)20(24)26-21(2,3)4/h5-10,13,18-19H,11-12H2,1-4H3/t18-,19-/m1/s1. The van der Waals surface area contributed by atoms with Crippen LogP contribution in [0, 0.1) is 0 Å². The average molecular weight is 388 g/mol. The molecule has 27 heavy (non-hydrogen) atoms. The van der Waals surface area contributed by atoms with Gasteiger partial charge in [-0.25, -0.2) is 4.79 Å². The highest BCUT2D eigenvalue weighted by Gasteiger charge is 2.40. The summed E-state index contributed by atoms with van der Waals surface area (Å²) in [5.41, 5.74) is 0.297. The molecule has 2 aromatic carbocycles. The lowest BCUT2D eigenvalue weighted by Gasteiger charge is -2.32. The van der Waals surface area contributed by atoms with Crippen LogP contribution in [0.4, 0.5) is 4.79 Å². The summed E-state index contributed by atoms with van der Waals surface area (Å²) in [6, 6.07) is 14.0. The zero-order valence-corrected chi connectivity index (χ0v) is 16.9. The molecule has 5 nitrogen and oxygen atoms in total. The van der Waals surface area contributed by atoms with Crippen molar-refractivity contribution in [3.63, 3.8) is 0 Å². The quantitative estimate of drug-likeness (QED) is 0.711. The van der Waals surface area contributed by atoms with E-state index in [1.807, 2.05) is 63.2 Å². The van der Waals surface area contributed by atoms with Crippen molar-refractivity contribution in [2.24, 2.45) is 0 Å². The van der Waals surface area contributed by atoms with Gasteiger partial charge >= 0.3 is 12.1 Å². The SMILES string of the molecule is CC(=O)O[C@H](c1ccc2ccccc2c1)[C@H]1SCCN1C(=O)OC(C)(C)C. The smallest absolute Gasteiger partial charge is 0.411 e. The van der Waals surface area contributed by atoms with Crippen molar-refractivity contribution in [1.82, 2.24) is 4.90 Å². The van der Waals surface area contributed by atoms with E-state index >= 15 is 0 Å². The van der Waals surface area contributed by atoms with Crippen LogP contribution in [-0.2, 0) is 14.3 Å². The third kappa shape index (κ3) is 4.75. The van der Waals surface area contributed by atoms with Gasteiger partial charge in [0.25, 0.3) is 0 Å². The molecule has 0 bridgehead atoms. The summed E-state index contributed by atoms with van der Waals surface area (Å²) in [7, 11) is 0. The largest absolute Gasteiger partial charge is 0.455 e. The monoisotopic (exact) mass is 387 g/mol. The second kappa shape index (κ2) is 7.80. The minimum Gasteiger partial charge on any atom is -0.455 e. The summed E-state index contributed by atoms with van der Waals surface area (Å²) in [6.07, 6.45) is -0.928. The van der Waals surface area contributed by atoms with Gasteiger partial charge in [0.2, 0.25) is 0 Å². The first kappa shape index (κ1) is 19.5. The van der Waals surface area contributed by atoms with Crippen molar-refractivity contribution in [3.8, 4) is 0 Å². The van der Waals surface area contributed by atoms with E-state index in [9.17, 15) is 9.59 Å². The second-order valence-corrected chi connectivity index (χ2v) is 8.80. The zero-order valence-electron chi connectivity index (χ0n) is 16.1. The normalized spacial score (nSPS) is 18.4. The molecule has 0 saturated carbocycles. The Bertz CT molecular complexity index is 845. The molecule has 0 unspecified atom stereocenters. The summed E-state index contributed by atoms with van der Waals surface area (Å²) in [6.45, 7) is 7.49. The van der Waals surface area contributed by atoms with Crippen LogP contribution < -0.4 is 0 Å². The number of ether oxygens (including phenoxy) is 2. The van der Waals surface area contributed by atoms with E-state index in [1.54, 1.807) is 16.7 Å². The highest BCUT2D eigenvalue weighted by molar-refractivity contribution is 8.00. The van der Waals surface area contributed by atoms with E-state index in [0.29, 0.717) is 6.54 Å². The summed E-state index contributed by atoms with van der Waals surface area (Å²) in [4.78, 5) is 26.1. The van der Waals surface area contributed by atoms with Crippen LogP contribution in [0.1, 0.15) is 39.4 Å². The zero-order chi connectivity index (χ0) is 19.6. The molecular formula is C21H25NO4S. The molecule has 0 aliphatic carbocycles. The van der Waals surface area contributed by atoms with Gasteiger partial charge in [0.15, 0.2) is 6.10 Å². The molecule has 2 aromatic rings. The Morgan fingerprint density at radius 1 is 1.15 bits per heavy atom. The first-order chi connectivity index (χ1) is 12.7. The molecule has 6 heteroatoms. The summed E-state index contributed by atoms with van der Waals surface area (Å²) in [5, 5.41) is 1.87. The van der Waals surface area contributed by atoms with Crippen LogP contribution in [0.3, 0.4) is 0 Å². The van der Waals surface area contributed by atoms with Crippen LogP contribution in [-0.4, -0.2) is 40.2 Å². The molecular weight excluding hydrogens is 362 g/mol. The van der Waals surface area contributed by atoms with Gasteiger partial charge in [0.1, 0.15) is 11.0 Å². The molecule has 2 atom stereocenters. The summed E-state index contributed by atoms with van der Waals surface area (Å²) >= 11 is 1.60. The van der Waals surface area contributed by atoms with E-state index in [0.717, 1.165) is 22.1 Å². The number of carbonyl (C=O) groups is 2. The molecule has 0 spiro atoms. The van der Waals surface area contributed by atoms with Gasteiger partial charge in [-0.2, -0.15) is 0 Å². The van der Waals surface area contributed by atoms with Crippen molar-refractivity contribution in [2.75, 3.05) is 12.3 Å². The third-order valence-corrected chi connectivity index (χ3v) is 5.47. The Morgan fingerprint density at radius 3 is 2.52 bits per heavy atom. The molecule has 1 amide bonds. The molecule has 1 saturated heterocycles. The molecule has 1 aliphatic rings. The Balaban J connectivity index is 1.93. The lowest BCUT2D eigenvalue weighted by atomic mass is 10.0. The molecule has 1 aliphatic heterocycles. The highest BCUT2D eigenvalue weighted by Crippen LogP contribution is 2.38. The highest BCUT2D eigenvalue weighted by atomic mass is 32.2. The first-order valence-corrected chi connectivity index (χ1v) is 10.1. The number of rotatable bonds is 3. The Labute approximate surface area is 164 Å². The van der Waals surface area contributed by atoms with Crippen LogP contribution in [0.15, 0.2) is 42.5 Å². The van der Waals surface area contributed by atoms with E-state index in [-0.39, 0.29) is 17.4 Å². The van der Waals surface area contributed by atoms with Crippen molar-refractivity contribution < 1.29 is 19.1 Å². The molecule has 3 rings (SSSR count).